The molecular formula is C24H27ClN4O. The Bertz CT molecular complexity index is 971. The summed E-state index contributed by atoms with van der Waals surface area (Å²) in [5, 5.41) is 6.64. The minimum absolute atomic E-state index is 0.143. The van der Waals surface area contributed by atoms with Crippen LogP contribution in [0.25, 0.3) is 11.1 Å². The minimum atomic E-state index is -0.377. The van der Waals surface area contributed by atoms with E-state index in [2.05, 4.69) is 71.0 Å². The van der Waals surface area contributed by atoms with Gasteiger partial charge in [0.2, 0.25) is 5.91 Å². The van der Waals surface area contributed by atoms with Crippen LogP contribution < -0.4 is 10.6 Å². The van der Waals surface area contributed by atoms with E-state index in [1.807, 2.05) is 19.1 Å². The van der Waals surface area contributed by atoms with Crippen molar-refractivity contribution in [2.24, 2.45) is 0 Å². The summed E-state index contributed by atoms with van der Waals surface area (Å²) in [6.45, 7) is 3.33. The highest BCUT2D eigenvalue weighted by Crippen LogP contribution is 2.24. The average Bonchev–Trinajstić information content (AvgIpc) is 2.74. The zero-order valence-electron chi connectivity index (χ0n) is 17.5. The molecule has 0 aliphatic carbocycles. The summed E-state index contributed by atoms with van der Waals surface area (Å²) in [4.78, 5) is 18.7. The molecule has 0 radical (unpaired) electrons. The lowest BCUT2D eigenvalue weighted by Gasteiger charge is -2.16. The number of pyridine rings is 1. The van der Waals surface area contributed by atoms with Gasteiger partial charge in [-0.15, -0.1) is 0 Å². The molecule has 0 aliphatic heterocycles. The highest BCUT2D eigenvalue weighted by molar-refractivity contribution is 6.30. The normalized spacial score (nSPS) is 12.0. The summed E-state index contributed by atoms with van der Waals surface area (Å²) < 4.78 is 0. The van der Waals surface area contributed by atoms with Gasteiger partial charge in [0.25, 0.3) is 0 Å². The lowest BCUT2D eigenvalue weighted by Crippen LogP contribution is -2.37. The predicted molar refractivity (Wildman–Crippen MR) is 123 cm³/mol. The second-order valence-electron chi connectivity index (χ2n) is 7.55. The van der Waals surface area contributed by atoms with Crippen LogP contribution in [0.4, 0.5) is 5.82 Å². The number of carbonyl (C=O) groups is 1. The van der Waals surface area contributed by atoms with E-state index in [4.69, 9.17) is 11.6 Å². The number of aromatic nitrogens is 1. The maximum atomic E-state index is 12.4. The molecule has 1 aromatic heterocycles. The molecule has 0 saturated heterocycles. The summed E-state index contributed by atoms with van der Waals surface area (Å²) in [7, 11) is 4.13. The standard InChI is InChI=1S/C24H27ClN4O/c1-17(24(30)28-23-13-12-21(25)15-27-23)26-14-20-6-4-5-7-22(20)19-10-8-18(9-11-19)16-29(2)3/h4-13,15,17,26H,14,16H2,1-3H3,(H,27,28,30)/t17-/m0/s1. The number of amides is 1. The maximum absolute atomic E-state index is 12.4. The van der Waals surface area contributed by atoms with Crippen LogP contribution in [-0.4, -0.2) is 35.9 Å². The predicted octanol–water partition coefficient (Wildman–Crippen LogP) is 4.58. The number of hydrogen-bond donors (Lipinski definition) is 2. The molecule has 5 nitrogen and oxygen atoms in total. The van der Waals surface area contributed by atoms with E-state index in [1.54, 1.807) is 12.1 Å². The first kappa shape index (κ1) is 22.0. The highest BCUT2D eigenvalue weighted by Gasteiger charge is 2.14. The maximum Gasteiger partial charge on any atom is 0.242 e. The van der Waals surface area contributed by atoms with Crippen LogP contribution in [0.3, 0.4) is 0 Å². The molecule has 1 atom stereocenters. The molecule has 1 amide bonds. The van der Waals surface area contributed by atoms with Gasteiger partial charge in [-0.1, -0.05) is 60.1 Å². The number of nitrogens with zero attached hydrogens (tertiary/aromatic N) is 2. The Labute approximate surface area is 183 Å². The molecule has 0 bridgehead atoms. The van der Waals surface area contributed by atoms with Gasteiger partial charge in [-0.05, 0) is 55.4 Å². The molecule has 0 spiro atoms. The Hall–Kier alpha value is -2.73. The SMILES string of the molecule is C[C@H](NCc1ccccc1-c1ccc(CN(C)C)cc1)C(=O)Nc1ccc(Cl)cn1. The lowest BCUT2D eigenvalue weighted by atomic mass is 9.98. The number of halogens is 1. The van der Waals surface area contributed by atoms with Crippen molar-refractivity contribution >= 4 is 23.3 Å². The highest BCUT2D eigenvalue weighted by atomic mass is 35.5. The van der Waals surface area contributed by atoms with Crippen LogP contribution in [0.1, 0.15) is 18.1 Å². The van der Waals surface area contributed by atoms with Gasteiger partial charge in [0.15, 0.2) is 0 Å². The van der Waals surface area contributed by atoms with Crippen molar-refractivity contribution in [3.05, 3.63) is 83.0 Å². The fourth-order valence-electron chi connectivity index (χ4n) is 3.15. The Morgan fingerprint density at radius 1 is 1.07 bits per heavy atom. The van der Waals surface area contributed by atoms with Crippen molar-refractivity contribution in [1.29, 1.82) is 0 Å². The molecular weight excluding hydrogens is 396 g/mol. The number of hydrogen-bond acceptors (Lipinski definition) is 4. The van der Waals surface area contributed by atoms with E-state index in [0.717, 1.165) is 23.2 Å². The van der Waals surface area contributed by atoms with Gasteiger partial charge < -0.3 is 15.5 Å². The second-order valence-corrected chi connectivity index (χ2v) is 7.98. The summed E-state index contributed by atoms with van der Waals surface area (Å²) in [6.07, 6.45) is 1.51. The molecule has 1 heterocycles. The third-order valence-electron chi connectivity index (χ3n) is 4.75. The zero-order valence-corrected chi connectivity index (χ0v) is 18.3. The van der Waals surface area contributed by atoms with Crippen molar-refractivity contribution in [2.45, 2.75) is 26.1 Å². The van der Waals surface area contributed by atoms with Crippen LogP contribution in [0.15, 0.2) is 66.9 Å². The summed E-state index contributed by atoms with van der Waals surface area (Å²) in [5.74, 6) is 0.339. The zero-order chi connectivity index (χ0) is 21.5. The Kier molecular flexibility index (Phi) is 7.57. The van der Waals surface area contributed by atoms with Crippen molar-refractivity contribution in [3.8, 4) is 11.1 Å². The molecule has 3 rings (SSSR count). The van der Waals surface area contributed by atoms with Crippen LogP contribution in [0.5, 0.6) is 0 Å². The molecule has 0 unspecified atom stereocenters. The molecule has 2 N–H and O–H groups in total. The molecule has 30 heavy (non-hydrogen) atoms. The number of benzene rings is 2. The van der Waals surface area contributed by atoms with Gasteiger partial charge in [0.1, 0.15) is 5.82 Å². The first-order valence-corrected chi connectivity index (χ1v) is 10.3. The Morgan fingerprint density at radius 2 is 1.80 bits per heavy atom. The van der Waals surface area contributed by atoms with E-state index < -0.39 is 0 Å². The van der Waals surface area contributed by atoms with Gasteiger partial charge in [-0.3, -0.25) is 4.79 Å². The van der Waals surface area contributed by atoms with E-state index in [-0.39, 0.29) is 11.9 Å². The minimum Gasteiger partial charge on any atom is -0.309 e. The van der Waals surface area contributed by atoms with Crippen molar-refractivity contribution in [2.75, 3.05) is 19.4 Å². The van der Waals surface area contributed by atoms with Gasteiger partial charge in [0.05, 0.1) is 11.1 Å². The summed E-state index contributed by atoms with van der Waals surface area (Å²) in [5.41, 5.74) is 4.74. The molecule has 156 valence electrons. The summed E-state index contributed by atoms with van der Waals surface area (Å²) >= 11 is 5.83. The number of nitrogens with one attached hydrogen (secondary N) is 2. The largest absolute Gasteiger partial charge is 0.309 e. The fourth-order valence-corrected chi connectivity index (χ4v) is 3.26. The quantitative estimate of drug-likeness (QED) is 0.557. The molecule has 3 aromatic rings. The number of carbonyl (C=O) groups excluding carboxylic acids is 1. The van der Waals surface area contributed by atoms with E-state index in [1.165, 1.54) is 11.8 Å². The van der Waals surface area contributed by atoms with Gasteiger partial charge in [0, 0.05) is 19.3 Å². The van der Waals surface area contributed by atoms with Crippen LogP contribution in [0, 0.1) is 0 Å². The number of rotatable bonds is 8. The molecule has 2 aromatic carbocycles. The third kappa shape index (κ3) is 6.13. The van der Waals surface area contributed by atoms with E-state index in [0.29, 0.717) is 17.4 Å². The Balaban J connectivity index is 1.64. The van der Waals surface area contributed by atoms with Crippen molar-refractivity contribution in [1.82, 2.24) is 15.2 Å². The van der Waals surface area contributed by atoms with Crippen LogP contribution in [-0.2, 0) is 17.9 Å². The average molecular weight is 423 g/mol. The topological polar surface area (TPSA) is 57.3 Å². The number of anilines is 1. The Morgan fingerprint density at radius 3 is 2.47 bits per heavy atom. The first-order chi connectivity index (χ1) is 14.4. The van der Waals surface area contributed by atoms with Crippen molar-refractivity contribution < 1.29 is 4.79 Å². The molecule has 0 saturated carbocycles. The molecule has 0 aliphatic rings. The van der Waals surface area contributed by atoms with Gasteiger partial charge in [-0.2, -0.15) is 0 Å². The molecule has 6 heteroatoms. The molecule has 0 fully saturated rings. The fraction of sp³-hybridized carbons (Fsp3) is 0.250. The van der Waals surface area contributed by atoms with Crippen LogP contribution in [0.2, 0.25) is 5.02 Å². The van der Waals surface area contributed by atoms with E-state index in [9.17, 15) is 4.79 Å². The smallest absolute Gasteiger partial charge is 0.242 e. The van der Waals surface area contributed by atoms with Gasteiger partial charge in [-0.25, -0.2) is 4.98 Å². The van der Waals surface area contributed by atoms with E-state index >= 15 is 0 Å². The van der Waals surface area contributed by atoms with Crippen LogP contribution >= 0.6 is 11.6 Å². The monoisotopic (exact) mass is 422 g/mol. The second kappa shape index (κ2) is 10.3. The lowest BCUT2D eigenvalue weighted by molar-refractivity contribution is -0.117. The van der Waals surface area contributed by atoms with Gasteiger partial charge >= 0.3 is 0 Å². The van der Waals surface area contributed by atoms with Crippen molar-refractivity contribution in [3.63, 3.8) is 0 Å². The summed E-state index contributed by atoms with van der Waals surface area (Å²) in [6, 6.07) is 19.9. The third-order valence-corrected chi connectivity index (χ3v) is 4.98. The first-order valence-electron chi connectivity index (χ1n) is 9.90.